The summed E-state index contributed by atoms with van der Waals surface area (Å²) in [5.41, 5.74) is 2.42. The van der Waals surface area contributed by atoms with Crippen molar-refractivity contribution in [2.24, 2.45) is 0 Å². The molecule has 172 valence electrons. The third-order valence-electron chi connectivity index (χ3n) is 5.49. The quantitative estimate of drug-likeness (QED) is 0.205. The van der Waals surface area contributed by atoms with Crippen LogP contribution in [0.15, 0.2) is 41.8 Å². The van der Waals surface area contributed by atoms with Crippen LogP contribution in [0.4, 0.5) is 5.82 Å². The number of ether oxygens (including phenoxy) is 1. The molecule has 9 nitrogen and oxygen atoms in total. The summed E-state index contributed by atoms with van der Waals surface area (Å²) in [6, 6.07) is 10.4. The first kappa shape index (κ1) is 22.9. The molecule has 0 amide bonds. The number of hydrogen-bond donors (Lipinski definition) is 4. The van der Waals surface area contributed by atoms with Crippen molar-refractivity contribution >= 4 is 28.7 Å². The van der Waals surface area contributed by atoms with Gasteiger partial charge in [-0.1, -0.05) is 49.0 Å². The molecule has 2 aromatic heterocycles. The van der Waals surface area contributed by atoms with Gasteiger partial charge < -0.3 is 25.4 Å². The Kier molecular flexibility index (Phi) is 7.59. The highest BCUT2D eigenvalue weighted by Gasteiger charge is 2.44. The van der Waals surface area contributed by atoms with Crippen LogP contribution in [0.3, 0.4) is 0 Å². The van der Waals surface area contributed by atoms with E-state index in [-0.39, 0.29) is 6.61 Å². The van der Waals surface area contributed by atoms with Crippen molar-refractivity contribution in [1.82, 2.24) is 19.5 Å². The average Bonchev–Trinajstić information content (AvgIpc) is 3.35. The number of unbranched alkanes of at least 4 members (excludes halogenated alkanes) is 1. The predicted octanol–water partition coefficient (Wildman–Crippen LogP) is 1.98. The van der Waals surface area contributed by atoms with Crippen molar-refractivity contribution in [2.45, 2.75) is 55.9 Å². The number of benzene rings is 1. The lowest BCUT2D eigenvalue weighted by Gasteiger charge is -2.17. The molecule has 1 aliphatic heterocycles. The van der Waals surface area contributed by atoms with Crippen LogP contribution in [0.2, 0.25) is 0 Å². The van der Waals surface area contributed by atoms with Gasteiger partial charge in [-0.05, 0) is 30.6 Å². The van der Waals surface area contributed by atoms with Gasteiger partial charge in [-0.3, -0.25) is 4.57 Å². The van der Waals surface area contributed by atoms with Gasteiger partial charge in [0.25, 0.3) is 0 Å². The van der Waals surface area contributed by atoms with Crippen LogP contribution in [-0.2, 0) is 11.2 Å². The summed E-state index contributed by atoms with van der Waals surface area (Å²) in [6.07, 6.45) is 0.456. The van der Waals surface area contributed by atoms with Crippen molar-refractivity contribution in [2.75, 3.05) is 24.2 Å². The Bertz CT molecular complexity index is 1020. The van der Waals surface area contributed by atoms with Crippen LogP contribution in [-0.4, -0.2) is 72.1 Å². The zero-order chi connectivity index (χ0) is 22.5. The Hall–Kier alpha value is -2.24. The zero-order valence-corrected chi connectivity index (χ0v) is 18.8. The van der Waals surface area contributed by atoms with Gasteiger partial charge in [0.15, 0.2) is 28.4 Å². The third-order valence-corrected chi connectivity index (χ3v) is 6.22. The first-order valence-corrected chi connectivity index (χ1v) is 11.9. The molecule has 0 bridgehead atoms. The molecule has 4 N–H and O–H groups in total. The first-order valence-electron chi connectivity index (χ1n) is 10.9. The molecule has 4 atom stereocenters. The fourth-order valence-electron chi connectivity index (χ4n) is 3.82. The number of aryl methyl sites for hydroxylation is 1. The van der Waals surface area contributed by atoms with Gasteiger partial charge in [0.05, 0.1) is 12.9 Å². The highest BCUT2D eigenvalue weighted by atomic mass is 32.2. The molecule has 0 spiro atoms. The van der Waals surface area contributed by atoms with E-state index in [1.54, 1.807) is 4.57 Å². The Labute approximate surface area is 190 Å². The number of fused-ring (bicyclic) bond motifs is 1. The molecule has 3 heterocycles. The molecule has 3 aromatic rings. The van der Waals surface area contributed by atoms with Gasteiger partial charge in [0.2, 0.25) is 0 Å². The van der Waals surface area contributed by atoms with Crippen LogP contribution < -0.4 is 5.32 Å². The number of aliphatic hydroxyl groups is 3. The second-order valence-corrected chi connectivity index (χ2v) is 8.94. The van der Waals surface area contributed by atoms with Gasteiger partial charge in [0, 0.05) is 6.54 Å². The molecule has 0 aliphatic carbocycles. The smallest absolute Gasteiger partial charge is 0.191 e. The fraction of sp³-hybridized carbons (Fsp3) is 0.500. The molecule has 10 heteroatoms. The SMILES string of the molecule is CCSc1nc(NCCCCc2ccccc2)c2ncn([C@@H]3O[C@H](CO)[C@@H](O)[C@H]3O)c2n1. The summed E-state index contributed by atoms with van der Waals surface area (Å²) >= 11 is 1.51. The Balaban J connectivity index is 1.50. The summed E-state index contributed by atoms with van der Waals surface area (Å²) in [4.78, 5) is 13.7. The van der Waals surface area contributed by atoms with E-state index in [2.05, 4.69) is 44.5 Å². The minimum absolute atomic E-state index is 0.386. The van der Waals surface area contributed by atoms with E-state index in [0.717, 1.165) is 31.6 Å². The number of aliphatic hydroxyl groups excluding tert-OH is 3. The molecule has 0 unspecified atom stereocenters. The summed E-state index contributed by atoms with van der Waals surface area (Å²) < 4.78 is 7.27. The van der Waals surface area contributed by atoms with Crippen LogP contribution in [0, 0.1) is 0 Å². The van der Waals surface area contributed by atoms with Crippen molar-refractivity contribution in [3.05, 3.63) is 42.2 Å². The minimum Gasteiger partial charge on any atom is -0.394 e. The second kappa shape index (κ2) is 10.6. The number of aromatic nitrogens is 4. The second-order valence-electron chi connectivity index (χ2n) is 7.71. The lowest BCUT2D eigenvalue weighted by atomic mass is 10.1. The van der Waals surface area contributed by atoms with Crippen molar-refractivity contribution < 1.29 is 20.1 Å². The van der Waals surface area contributed by atoms with E-state index in [4.69, 9.17) is 4.74 Å². The van der Waals surface area contributed by atoms with Crippen molar-refractivity contribution in [3.8, 4) is 0 Å². The molecular weight excluding hydrogens is 430 g/mol. The largest absolute Gasteiger partial charge is 0.394 e. The lowest BCUT2D eigenvalue weighted by Crippen LogP contribution is -2.33. The van der Waals surface area contributed by atoms with Crippen molar-refractivity contribution in [1.29, 1.82) is 0 Å². The Morgan fingerprint density at radius 3 is 2.66 bits per heavy atom. The summed E-state index contributed by atoms with van der Waals surface area (Å²) in [7, 11) is 0. The minimum atomic E-state index is -1.20. The van der Waals surface area contributed by atoms with Gasteiger partial charge in [0.1, 0.15) is 18.3 Å². The normalized spacial score (nSPS) is 23.1. The van der Waals surface area contributed by atoms with Crippen molar-refractivity contribution in [3.63, 3.8) is 0 Å². The molecule has 1 aromatic carbocycles. The highest BCUT2D eigenvalue weighted by Crippen LogP contribution is 2.33. The zero-order valence-electron chi connectivity index (χ0n) is 18.0. The highest BCUT2D eigenvalue weighted by molar-refractivity contribution is 7.99. The Morgan fingerprint density at radius 2 is 1.94 bits per heavy atom. The number of anilines is 1. The van der Waals surface area contributed by atoms with Crippen LogP contribution in [0.25, 0.3) is 11.2 Å². The van der Waals surface area contributed by atoms with E-state index in [0.29, 0.717) is 22.1 Å². The number of nitrogens with zero attached hydrogens (tertiary/aromatic N) is 4. The molecule has 0 radical (unpaired) electrons. The van der Waals surface area contributed by atoms with Gasteiger partial charge in [-0.15, -0.1) is 0 Å². The van der Waals surface area contributed by atoms with E-state index in [1.165, 1.54) is 23.7 Å². The summed E-state index contributed by atoms with van der Waals surface area (Å²) in [5, 5.41) is 33.9. The molecule has 4 rings (SSSR count). The van der Waals surface area contributed by atoms with Crippen LogP contribution in [0.5, 0.6) is 0 Å². The number of rotatable bonds is 10. The third kappa shape index (κ3) is 4.89. The topological polar surface area (TPSA) is 126 Å². The molecule has 32 heavy (non-hydrogen) atoms. The van der Waals surface area contributed by atoms with E-state index < -0.39 is 24.5 Å². The number of hydrogen-bond acceptors (Lipinski definition) is 9. The molecule has 1 aliphatic rings. The predicted molar refractivity (Wildman–Crippen MR) is 123 cm³/mol. The monoisotopic (exact) mass is 459 g/mol. The average molecular weight is 460 g/mol. The maximum absolute atomic E-state index is 10.4. The molecule has 1 fully saturated rings. The van der Waals surface area contributed by atoms with Crippen LogP contribution >= 0.6 is 11.8 Å². The summed E-state index contributed by atoms with van der Waals surface area (Å²) in [6.45, 7) is 2.39. The maximum Gasteiger partial charge on any atom is 0.191 e. The van der Waals surface area contributed by atoms with Gasteiger partial charge in [-0.2, -0.15) is 0 Å². The summed E-state index contributed by atoms with van der Waals surface area (Å²) in [5.74, 6) is 1.44. The number of imidazole rings is 1. The standard InChI is InChI=1S/C22H29N5O4S/c1-2-32-22-25-19(23-11-7-6-10-14-8-4-3-5-9-14)16-20(26-22)27(13-24-16)21-18(30)17(29)15(12-28)31-21/h3-5,8-9,13,15,17-18,21,28-30H,2,6-7,10-12H2,1H3,(H,23,25,26)/t15-,17-,18-,21-/m1/s1. The molecule has 1 saturated heterocycles. The van der Waals surface area contributed by atoms with E-state index in [1.807, 2.05) is 13.0 Å². The van der Waals surface area contributed by atoms with Crippen LogP contribution in [0.1, 0.15) is 31.6 Å². The molecular formula is C22H29N5O4S. The fourth-order valence-corrected chi connectivity index (χ4v) is 4.38. The van der Waals surface area contributed by atoms with E-state index >= 15 is 0 Å². The van der Waals surface area contributed by atoms with Gasteiger partial charge >= 0.3 is 0 Å². The Morgan fingerprint density at radius 1 is 1.12 bits per heavy atom. The number of thioether (sulfide) groups is 1. The number of nitrogens with one attached hydrogen (secondary N) is 1. The maximum atomic E-state index is 10.4. The van der Waals surface area contributed by atoms with E-state index in [9.17, 15) is 15.3 Å². The van der Waals surface area contributed by atoms with Gasteiger partial charge in [-0.25, -0.2) is 15.0 Å². The molecule has 0 saturated carbocycles. The first-order chi connectivity index (χ1) is 15.6. The lowest BCUT2D eigenvalue weighted by molar-refractivity contribution is -0.0511.